The van der Waals surface area contributed by atoms with E-state index in [0.717, 1.165) is 23.7 Å². The van der Waals surface area contributed by atoms with Gasteiger partial charge in [0.15, 0.2) is 0 Å². The van der Waals surface area contributed by atoms with E-state index in [0.29, 0.717) is 6.04 Å². The highest BCUT2D eigenvalue weighted by molar-refractivity contribution is 5.27. The molecule has 3 rings (SSSR count). The molecule has 0 heterocycles. The third-order valence-corrected chi connectivity index (χ3v) is 4.23. The molecule has 0 bridgehead atoms. The molecule has 2 fully saturated rings. The van der Waals surface area contributed by atoms with Crippen molar-refractivity contribution >= 4 is 0 Å². The van der Waals surface area contributed by atoms with Gasteiger partial charge < -0.3 is 5.73 Å². The summed E-state index contributed by atoms with van der Waals surface area (Å²) >= 11 is 0. The van der Waals surface area contributed by atoms with E-state index in [1.807, 2.05) is 0 Å². The van der Waals surface area contributed by atoms with Crippen LogP contribution in [0, 0.1) is 17.8 Å². The standard InChI is InChI=1S/C14H19N/c1-9-7-11(9)14(15)13-8-12(13)10-5-3-2-4-6-10/h2-6,9,11-14H,7-8,15H2,1H3. The Bertz CT molecular complexity index is 346. The van der Waals surface area contributed by atoms with Crippen LogP contribution in [-0.2, 0) is 0 Å². The second-order valence-electron chi connectivity index (χ2n) is 5.37. The van der Waals surface area contributed by atoms with Crippen LogP contribution >= 0.6 is 0 Å². The van der Waals surface area contributed by atoms with E-state index in [1.54, 1.807) is 0 Å². The molecule has 2 N–H and O–H groups in total. The van der Waals surface area contributed by atoms with Crippen molar-refractivity contribution in [3.05, 3.63) is 35.9 Å². The van der Waals surface area contributed by atoms with Gasteiger partial charge in [0.05, 0.1) is 0 Å². The maximum absolute atomic E-state index is 6.30. The van der Waals surface area contributed by atoms with Crippen LogP contribution in [0.4, 0.5) is 0 Å². The normalized spacial score (nSPS) is 39.9. The van der Waals surface area contributed by atoms with Crippen LogP contribution < -0.4 is 5.73 Å². The summed E-state index contributed by atoms with van der Waals surface area (Å²) in [5.41, 5.74) is 7.79. The van der Waals surface area contributed by atoms with Crippen LogP contribution in [0.2, 0.25) is 0 Å². The van der Waals surface area contributed by atoms with Gasteiger partial charge in [-0.2, -0.15) is 0 Å². The lowest BCUT2D eigenvalue weighted by molar-refractivity contribution is 0.497. The predicted molar refractivity (Wildman–Crippen MR) is 62.5 cm³/mol. The fraction of sp³-hybridized carbons (Fsp3) is 0.571. The maximum atomic E-state index is 6.30. The van der Waals surface area contributed by atoms with Crippen molar-refractivity contribution in [2.45, 2.75) is 31.7 Å². The molecule has 1 nitrogen and oxygen atoms in total. The van der Waals surface area contributed by atoms with Crippen LogP contribution in [-0.4, -0.2) is 6.04 Å². The lowest BCUT2D eigenvalue weighted by Crippen LogP contribution is -2.26. The zero-order chi connectivity index (χ0) is 10.4. The van der Waals surface area contributed by atoms with Gasteiger partial charge in [-0.05, 0) is 42.1 Å². The van der Waals surface area contributed by atoms with Gasteiger partial charge in [-0.1, -0.05) is 37.3 Å². The summed E-state index contributed by atoms with van der Waals surface area (Å²) in [4.78, 5) is 0. The van der Waals surface area contributed by atoms with Gasteiger partial charge in [0, 0.05) is 6.04 Å². The van der Waals surface area contributed by atoms with Crippen LogP contribution in [0.25, 0.3) is 0 Å². The summed E-state index contributed by atoms with van der Waals surface area (Å²) in [6.45, 7) is 2.32. The quantitative estimate of drug-likeness (QED) is 0.799. The first-order chi connectivity index (χ1) is 7.27. The molecular weight excluding hydrogens is 182 g/mol. The Hall–Kier alpha value is -0.820. The summed E-state index contributed by atoms with van der Waals surface area (Å²) in [5.74, 6) is 3.23. The molecule has 0 radical (unpaired) electrons. The SMILES string of the molecule is CC1CC1C(N)C1CC1c1ccccc1. The number of hydrogen-bond donors (Lipinski definition) is 1. The van der Waals surface area contributed by atoms with Crippen LogP contribution in [0.3, 0.4) is 0 Å². The second kappa shape index (κ2) is 3.34. The summed E-state index contributed by atoms with van der Waals surface area (Å²) in [6, 6.07) is 11.3. The molecule has 0 aromatic heterocycles. The van der Waals surface area contributed by atoms with Crippen molar-refractivity contribution in [3.8, 4) is 0 Å². The molecule has 0 amide bonds. The number of rotatable bonds is 3. The van der Waals surface area contributed by atoms with Crippen molar-refractivity contribution in [1.29, 1.82) is 0 Å². The van der Waals surface area contributed by atoms with Gasteiger partial charge in [-0.3, -0.25) is 0 Å². The lowest BCUT2D eigenvalue weighted by Gasteiger charge is -2.10. The molecule has 0 saturated heterocycles. The van der Waals surface area contributed by atoms with Gasteiger partial charge in [0.1, 0.15) is 0 Å². The Balaban J connectivity index is 1.64. The zero-order valence-electron chi connectivity index (χ0n) is 9.27. The topological polar surface area (TPSA) is 26.0 Å². The minimum atomic E-state index is 0.463. The average Bonchev–Trinajstić information content (AvgIpc) is 3.13. The molecule has 80 valence electrons. The van der Waals surface area contributed by atoms with Crippen LogP contribution in [0.5, 0.6) is 0 Å². The summed E-state index contributed by atoms with van der Waals surface area (Å²) in [5, 5.41) is 0. The Kier molecular flexibility index (Phi) is 2.10. The molecule has 15 heavy (non-hydrogen) atoms. The fourth-order valence-corrected chi connectivity index (χ4v) is 2.93. The second-order valence-corrected chi connectivity index (χ2v) is 5.37. The van der Waals surface area contributed by atoms with Crippen molar-refractivity contribution in [2.24, 2.45) is 23.5 Å². The molecule has 2 aliphatic rings. The van der Waals surface area contributed by atoms with E-state index in [4.69, 9.17) is 5.73 Å². The van der Waals surface area contributed by atoms with Crippen molar-refractivity contribution in [3.63, 3.8) is 0 Å². The monoisotopic (exact) mass is 201 g/mol. The zero-order valence-corrected chi connectivity index (χ0v) is 9.27. The highest BCUT2D eigenvalue weighted by Gasteiger charge is 2.50. The average molecular weight is 201 g/mol. The molecule has 0 aliphatic heterocycles. The molecule has 1 aromatic carbocycles. The lowest BCUT2D eigenvalue weighted by atomic mass is 10.0. The predicted octanol–water partition coefficient (Wildman–Crippen LogP) is 2.77. The highest BCUT2D eigenvalue weighted by Crippen LogP contribution is 2.55. The van der Waals surface area contributed by atoms with Gasteiger partial charge in [0.2, 0.25) is 0 Å². The van der Waals surface area contributed by atoms with Gasteiger partial charge in [0.25, 0.3) is 0 Å². The van der Waals surface area contributed by atoms with Gasteiger partial charge in [-0.15, -0.1) is 0 Å². The van der Waals surface area contributed by atoms with Crippen molar-refractivity contribution in [2.75, 3.05) is 0 Å². The van der Waals surface area contributed by atoms with Crippen LogP contribution in [0.15, 0.2) is 30.3 Å². The van der Waals surface area contributed by atoms with E-state index < -0.39 is 0 Å². The Morgan fingerprint density at radius 3 is 2.40 bits per heavy atom. The Labute approximate surface area is 91.7 Å². The number of nitrogens with two attached hydrogens (primary N) is 1. The maximum Gasteiger partial charge on any atom is 0.0104 e. The molecule has 2 saturated carbocycles. The molecule has 5 unspecified atom stereocenters. The third kappa shape index (κ3) is 1.69. The minimum Gasteiger partial charge on any atom is -0.327 e. The van der Waals surface area contributed by atoms with E-state index in [-0.39, 0.29) is 0 Å². The smallest absolute Gasteiger partial charge is 0.0104 e. The first-order valence-corrected chi connectivity index (χ1v) is 6.08. The largest absolute Gasteiger partial charge is 0.327 e. The highest BCUT2D eigenvalue weighted by atomic mass is 14.8. The van der Waals surface area contributed by atoms with Gasteiger partial charge in [-0.25, -0.2) is 0 Å². The van der Waals surface area contributed by atoms with E-state index in [2.05, 4.69) is 37.3 Å². The fourth-order valence-electron chi connectivity index (χ4n) is 2.93. The van der Waals surface area contributed by atoms with Crippen molar-refractivity contribution < 1.29 is 0 Å². The Morgan fingerprint density at radius 1 is 1.13 bits per heavy atom. The first kappa shape index (κ1) is 9.41. The molecule has 1 aromatic rings. The summed E-state index contributed by atoms with van der Waals surface area (Å²) in [6.07, 6.45) is 2.67. The number of benzene rings is 1. The van der Waals surface area contributed by atoms with E-state index in [1.165, 1.54) is 18.4 Å². The van der Waals surface area contributed by atoms with Crippen LogP contribution in [0.1, 0.15) is 31.2 Å². The minimum absolute atomic E-state index is 0.463. The number of hydrogen-bond acceptors (Lipinski definition) is 1. The summed E-state index contributed by atoms with van der Waals surface area (Å²) in [7, 11) is 0. The van der Waals surface area contributed by atoms with Crippen molar-refractivity contribution in [1.82, 2.24) is 0 Å². The Morgan fingerprint density at radius 2 is 1.80 bits per heavy atom. The van der Waals surface area contributed by atoms with Gasteiger partial charge >= 0.3 is 0 Å². The van der Waals surface area contributed by atoms with E-state index >= 15 is 0 Å². The third-order valence-electron chi connectivity index (χ3n) is 4.23. The molecule has 0 spiro atoms. The molecular formula is C14H19N. The first-order valence-electron chi connectivity index (χ1n) is 6.08. The summed E-state index contributed by atoms with van der Waals surface area (Å²) < 4.78 is 0. The van der Waals surface area contributed by atoms with E-state index in [9.17, 15) is 0 Å². The molecule has 1 heteroatoms. The molecule has 5 atom stereocenters. The molecule has 2 aliphatic carbocycles.